The molecule has 0 radical (unpaired) electrons. The quantitative estimate of drug-likeness (QED) is 0.888. The molecule has 0 aromatic heterocycles. The molecule has 0 amide bonds. The molecular formula is C15H14Cl2FN. The molecule has 1 unspecified atom stereocenters. The van der Waals surface area contributed by atoms with E-state index in [4.69, 9.17) is 28.9 Å². The maximum Gasteiger partial charge on any atom is 0.123 e. The average molecular weight is 298 g/mol. The summed E-state index contributed by atoms with van der Waals surface area (Å²) in [6.07, 6.45) is 0.720. The fourth-order valence-corrected chi connectivity index (χ4v) is 2.62. The smallest absolute Gasteiger partial charge is 0.123 e. The largest absolute Gasteiger partial charge is 0.330 e. The Bertz CT molecular complexity index is 555. The van der Waals surface area contributed by atoms with Crippen LogP contribution in [-0.4, -0.2) is 6.54 Å². The van der Waals surface area contributed by atoms with E-state index in [1.807, 2.05) is 6.07 Å². The first kappa shape index (κ1) is 14.3. The third-order valence-corrected chi connectivity index (χ3v) is 3.64. The Hall–Kier alpha value is -1.09. The zero-order chi connectivity index (χ0) is 13.8. The predicted molar refractivity (Wildman–Crippen MR) is 78.4 cm³/mol. The third kappa shape index (κ3) is 3.69. The highest BCUT2D eigenvalue weighted by atomic mass is 35.5. The van der Waals surface area contributed by atoms with Gasteiger partial charge in [-0.05, 0) is 48.4 Å². The standard InChI is InChI=1S/C15H14Cl2FN/c16-12-3-6-14(15(17)8-12)11(9-19)7-10-1-4-13(18)5-2-10/h1-6,8,11H,7,9,19H2. The summed E-state index contributed by atoms with van der Waals surface area (Å²) in [4.78, 5) is 0. The van der Waals surface area contributed by atoms with Crippen molar-refractivity contribution in [3.05, 3.63) is 69.5 Å². The summed E-state index contributed by atoms with van der Waals surface area (Å²) < 4.78 is 12.9. The summed E-state index contributed by atoms with van der Waals surface area (Å²) in [7, 11) is 0. The number of benzene rings is 2. The molecule has 0 aliphatic carbocycles. The van der Waals surface area contributed by atoms with Gasteiger partial charge in [0.1, 0.15) is 5.82 Å². The van der Waals surface area contributed by atoms with Crippen LogP contribution >= 0.6 is 23.2 Å². The molecule has 2 aromatic rings. The van der Waals surface area contributed by atoms with Crippen molar-refractivity contribution in [1.29, 1.82) is 0 Å². The Balaban J connectivity index is 2.22. The van der Waals surface area contributed by atoms with E-state index < -0.39 is 0 Å². The lowest BCUT2D eigenvalue weighted by Crippen LogP contribution is -2.15. The fraction of sp³-hybridized carbons (Fsp3) is 0.200. The molecular weight excluding hydrogens is 284 g/mol. The maximum absolute atomic E-state index is 12.9. The van der Waals surface area contributed by atoms with E-state index in [1.165, 1.54) is 12.1 Å². The van der Waals surface area contributed by atoms with Crippen molar-refractivity contribution < 1.29 is 4.39 Å². The lowest BCUT2D eigenvalue weighted by atomic mass is 9.92. The molecule has 2 rings (SSSR count). The molecule has 19 heavy (non-hydrogen) atoms. The molecule has 0 aliphatic heterocycles. The number of hydrogen-bond donors (Lipinski definition) is 1. The molecule has 2 aromatic carbocycles. The van der Waals surface area contributed by atoms with Gasteiger partial charge in [0.05, 0.1) is 0 Å². The van der Waals surface area contributed by atoms with Gasteiger partial charge in [0, 0.05) is 16.0 Å². The molecule has 0 spiro atoms. The molecule has 0 heterocycles. The van der Waals surface area contributed by atoms with E-state index in [0.717, 1.165) is 17.5 Å². The second kappa shape index (κ2) is 6.38. The molecule has 0 aliphatic rings. The van der Waals surface area contributed by atoms with Crippen LogP contribution in [0.15, 0.2) is 42.5 Å². The summed E-state index contributed by atoms with van der Waals surface area (Å²) >= 11 is 12.1. The highest BCUT2D eigenvalue weighted by molar-refractivity contribution is 6.35. The maximum atomic E-state index is 12.9. The number of nitrogens with two attached hydrogens (primary N) is 1. The lowest BCUT2D eigenvalue weighted by molar-refractivity contribution is 0.625. The van der Waals surface area contributed by atoms with Crippen LogP contribution in [0.25, 0.3) is 0 Å². The van der Waals surface area contributed by atoms with Gasteiger partial charge in [0.2, 0.25) is 0 Å². The van der Waals surface area contributed by atoms with Gasteiger partial charge in [0.25, 0.3) is 0 Å². The third-order valence-electron chi connectivity index (χ3n) is 3.08. The number of rotatable bonds is 4. The van der Waals surface area contributed by atoms with Crippen LogP contribution in [0.3, 0.4) is 0 Å². The van der Waals surface area contributed by atoms with Crippen LogP contribution in [0.2, 0.25) is 10.0 Å². The van der Waals surface area contributed by atoms with Crippen molar-refractivity contribution in [2.24, 2.45) is 5.73 Å². The Morgan fingerprint density at radius 3 is 2.32 bits per heavy atom. The second-order valence-corrected chi connectivity index (χ2v) is 5.27. The van der Waals surface area contributed by atoms with Crippen molar-refractivity contribution >= 4 is 23.2 Å². The summed E-state index contributed by atoms with van der Waals surface area (Å²) in [5.74, 6) is -0.146. The van der Waals surface area contributed by atoms with E-state index in [9.17, 15) is 4.39 Å². The van der Waals surface area contributed by atoms with Gasteiger partial charge in [-0.25, -0.2) is 4.39 Å². The molecule has 100 valence electrons. The van der Waals surface area contributed by atoms with Gasteiger partial charge in [-0.3, -0.25) is 0 Å². The van der Waals surface area contributed by atoms with Crippen molar-refractivity contribution in [3.8, 4) is 0 Å². The van der Waals surface area contributed by atoms with Crippen LogP contribution in [0.5, 0.6) is 0 Å². The molecule has 0 bridgehead atoms. The summed E-state index contributed by atoms with van der Waals surface area (Å²) in [6, 6.07) is 11.8. The van der Waals surface area contributed by atoms with Crippen LogP contribution in [0.1, 0.15) is 17.0 Å². The first-order valence-electron chi connectivity index (χ1n) is 5.99. The summed E-state index contributed by atoms with van der Waals surface area (Å²) in [5, 5.41) is 1.22. The van der Waals surface area contributed by atoms with Crippen LogP contribution < -0.4 is 5.73 Å². The molecule has 2 N–H and O–H groups in total. The summed E-state index contributed by atoms with van der Waals surface area (Å²) in [5.41, 5.74) is 7.82. The van der Waals surface area contributed by atoms with Crippen molar-refractivity contribution in [1.82, 2.24) is 0 Å². The first-order valence-corrected chi connectivity index (χ1v) is 6.75. The molecule has 0 saturated carbocycles. The van der Waals surface area contributed by atoms with Gasteiger partial charge < -0.3 is 5.73 Å². The Kier molecular flexibility index (Phi) is 4.81. The minimum Gasteiger partial charge on any atom is -0.330 e. The van der Waals surface area contributed by atoms with Gasteiger partial charge >= 0.3 is 0 Å². The minimum absolute atomic E-state index is 0.0928. The van der Waals surface area contributed by atoms with Gasteiger partial charge in [-0.15, -0.1) is 0 Å². The minimum atomic E-state index is -0.238. The van der Waals surface area contributed by atoms with Crippen LogP contribution in [0.4, 0.5) is 4.39 Å². The van der Waals surface area contributed by atoms with E-state index >= 15 is 0 Å². The fourth-order valence-electron chi connectivity index (χ4n) is 2.06. The highest BCUT2D eigenvalue weighted by Crippen LogP contribution is 2.29. The topological polar surface area (TPSA) is 26.0 Å². The van der Waals surface area contributed by atoms with E-state index in [1.54, 1.807) is 24.3 Å². The monoisotopic (exact) mass is 297 g/mol. The van der Waals surface area contributed by atoms with Gasteiger partial charge in [0.15, 0.2) is 0 Å². The number of hydrogen-bond acceptors (Lipinski definition) is 1. The van der Waals surface area contributed by atoms with Crippen molar-refractivity contribution in [3.63, 3.8) is 0 Å². The second-order valence-electron chi connectivity index (χ2n) is 4.43. The highest BCUT2D eigenvalue weighted by Gasteiger charge is 2.14. The first-order chi connectivity index (χ1) is 9.10. The number of halogens is 3. The SMILES string of the molecule is NCC(Cc1ccc(F)cc1)c1ccc(Cl)cc1Cl. The van der Waals surface area contributed by atoms with Crippen molar-refractivity contribution in [2.75, 3.05) is 6.54 Å². The van der Waals surface area contributed by atoms with E-state index in [-0.39, 0.29) is 11.7 Å². The van der Waals surface area contributed by atoms with Gasteiger partial charge in [-0.1, -0.05) is 41.4 Å². The summed E-state index contributed by atoms with van der Waals surface area (Å²) in [6.45, 7) is 0.471. The molecule has 1 nitrogen and oxygen atoms in total. The Morgan fingerprint density at radius 1 is 1.05 bits per heavy atom. The van der Waals surface area contributed by atoms with E-state index in [2.05, 4.69) is 0 Å². The zero-order valence-electron chi connectivity index (χ0n) is 10.2. The molecule has 0 saturated heterocycles. The van der Waals surface area contributed by atoms with Gasteiger partial charge in [-0.2, -0.15) is 0 Å². The zero-order valence-corrected chi connectivity index (χ0v) is 11.8. The molecule has 0 fully saturated rings. The van der Waals surface area contributed by atoms with E-state index in [0.29, 0.717) is 16.6 Å². The predicted octanol–water partition coefficient (Wildman–Crippen LogP) is 4.42. The average Bonchev–Trinajstić information content (AvgIpc) is 2.39. The molecule has 1 atom stereocenters. The normalized spacial score (nSPS) is 12.4. The van der Waals surface area contributed by atoms with Crippen LogP contribution in [0, 0.1) is 5.82 Å². The Morgan fingerprint density at radius 2 is 1.74 bits per heavy atom. The van der Waals surface area contributed by atoms with Crippen LogP contribution in [-0.2, 0) is 6.42 Å². The molecule has 4 heteroatoms. The lowest BCUT2D eigenvalue weighted by Gasteiger charge is -2.17. The van der Waals surface area contributed by atoms with Crippen molar-refractivity contribution in [2.45, 2.75) is 12.3 Å². The Labute approximate surface area is 122 Å².